The van der Waals surface area contributed by atoms with Crippen LogP contribution in [-0.2, 0) is 13.0 Å². The summed E-state index contributed by atoms with van der Waals surface area (Å²) in [7, 11) is 1.81. The highest BCUT2D eigenvalue weighted by Gasteiger charge is 2.13. The third kappa shape index (κ3) is 6.99. The number of halogens is 1. The second-order valence-electron chi connectivity index (χ2n) is 6.48. The van der Waals surface area contributed by atoms with Crippen LogP contribution in [0.2, 0.25) is 0 Å². The number of nitrogens with one attached hydrogen (secondary N) is 2. The Labute approximate surface area is 184 Å². The van der Waals surface area contributed by atoms with Crippen LogP contribution in [-0.4, -0.2) is 35.6 Å². The van der Waals surface area contributed by atoms with Gasteiger partial charge in [0.2, 0.25) is 0 Å². The topological polar surface area (TPSA) is 54.2 Å². The summed E-state index contributed by atoms with van der Waals surface area (Å²) in [5.41, 5.74) is 2.68. The van der Waals surface area contributed by atoms with E-state index in [1.165, 1.54) is 11.1 Å². The summed E-state index contributed by atoms with van der Waals surface area (Å²) in [4.78, 5) is 8.41. The second kappa shape index (κ2) is 12.2. The van der Waals surface area contributed by atoms with E-state index in [2.05, 4.69) is 81.3 Å². The highest BCUT2D eigenvalue weighted by atomic mass is 127. The van der Waals surface area contributed by atoms with Crippen molar-refractivity contribution in [1.82, 2.24) is 20.2 Å². The molecule has 3 rings (SSSR count). The molecule has 28 heavy (non-hydrogen) atoms. The molecular formula is C22H28IN5. The maximum Gasteiger partial charge on any atom is 0.191 e. The maximum atomic E-state index is 4.35. The third-order valence-electron chi connectivity index (χ3n) is 4.56. The van der Waals surface area contributed by atoms with Crippen LogP contribution in [0.15, 0.2) is 84.4 Å². The number of benzene rings is 2. The molecule has 1 aromatic heterocycles. The first kappa shape index (κ1) is 21.9. The fourth-order valence-corrected chi connectivity index (χ4v) is 3.09. The summed E-state index contributed by atoms with van der Waals surface area (Å²) in [5.74, 6) is 1.20. The van der Waals surface area contributed by atoms with Crippen LogP contribution in [0, 0.1) is 0 Å². The van der Waals surface area contributed by atoms with E-state index < -0.39 is 0 Å². The van der Waals surface area contributed by atoms with E-state index in [9.17, 15) is 0 Å². The first-order chi connectivity index (χ1) is 13.3. The molecule has 0 radical (unpaired) electrons. The van der Waals surface area contributed by atoms with Crippen molar-refractivity contribution in [3.8, 4) is 0 Å². The van der Waals surface area contributed by atoms with Crippen molar-refractivity contribution in [1.29, 1.82) is 0 Å². The zero-order chi connectivity index (χ0) is 18.7. The Hall–Kier alpha value is -2.35. The number of guanidine groups is 1. The number of aromatic nitrogens is 2. The fraction of sp³-hybridized carbons (Fsp3) is 0.273. The van der Waals surface area contributed by atoms with Crippen LogP contribution in [0.4, 0.5) is 0 Å². The Bertz CT molecular complexity index is 803. The summed E-state index contributed by atoms with van der Waals surface area (Å²) in [6.45, 7) is 2.47. The minimum Gasteiger partial charge on any atom is -0.356 e. The minimum absolute atomic E-state index is 0. The summed E-state index contributed by atoms with van der Waals surface area (Å²) < 4.78 is 2.04. The van der Waals surface area contributed by atoms with Crippen LogP contribution in [0.3, 0.4) is 0 Å². The molecule has 5 nitrogen and oxygen atoms in total. The van der Waals surface area contributed by atoms with E-state index >= 15 is 0 Å². The Morgan fingerprint density at radius 2 is 1.75 bits per heavy atom. The van der Waals surface area contributed by atoms with Gasteiger partial charge in [-0.15, -0.1) is 24.0 Å². The molecule has 0 aliphatic carbocycles. The number of hydrogen-bond donors (Lipinski definition) is 2. The average Bonchev–Trinajstić information content (AvgIpc) is 3.24. The van der Waals surface area contributed by atoms with Gasteiger partial charge in [0.25, 0.3) is 0 Å². The van der Waals surface area contributed by atoms with Gasteiger partial charge in [-0.3, -0.25) is 4.99 Å². The van der Waals surface area contributed by atoms with E-state index in [1.54, 1.807) is 13.2 Å². The Morgan fingerprint density at radius 3 is 2.39 bits per heavy atom. The molecule has 2 N–H and O–H groups in total. The Balaban J connectivity index is 0.00000280. The molecule has 0 saturated heterocycles. The van der Waals surface area contributed by atoms with Crippen LogP contribution < -0.4 is 10.6 Å². The van der Waals surface area contributed by atoms with E-state index in [4.69, 9.17) is 0 Å². The maximum absolute atomic E-state index is 4.35. The molecule has 1 heterocycles. The van der Waals surface area contributed by atoms with Crippen molar-refractivity contribution in [2.45, 2.75) is 18.9 Å². The predicted octanol–water partition coefficient (Wildman–Crippen LogP) is 3.69. The first-order valence-electron chi connectivity index (χ1n) is 9.34. The summed E-state index contributed by atoms with van der Waals surface area (Å²) in [5, 5.41) is 6.85. The fourth-order valence-electron chi connectivity index (χ4n) is 3.09. The van der Waals surface area contributed by atoms with Gasteiger partial charge in [0.15, 0.2) is 5.96 Å². The molecule has 0 amide bonds. The van der Waals surface area contributed by atoms with Crippen LogP contribution in [0.25, 0.3) is 0 Å². The normalized spacial score (nSPS) is 12.1. The van der Waals surface area contributed by atoms with Gasteiger partial charge in [0.05, 0.1) is 6.33 Å². The Morgan fingerprint density at radius 1 is 1.04 bits per heavy atom. The third-order valence-corrected chi connectivity index (χ3v) is 4.56. The standard InChI is InChI=1S/C22H27N5.HI/c1-23-22(25-13-15-27-14-12-24-18-27)26-17-21(20-10-6-3-7-11-20)16-19-8-4-2-5-9-19;/h2-12,14,18,21H,13,15-17H2,1H3,(H2,23,25,26);1H. The number of hydrogen-bond acceptors (Lipinski definition) is 2. The SMILES string of the molecule is CN=C(NCCn1ccnc1)NCC(Cc1ccccc1)c1ccccc1.I. The highest BCUT2D eigenvalue weighted by Crippen LogP contribution is 2.20. The van der Waals surface area contributed by atoms with Gasteiger partial charge in [-0.2, -0.15) is 0 Å². The minimum atomic E-state index is 0. The van der Waals surface area contributed by atoms with Crippen LogP contribution in [0.5, 0.6) is 0 Å². The van der Waals surface area contributed by atoms with Crippen LogP contribution >= 0.6 is 24.0 Å². The molecule has 0 aliphatic rings. The molecule has 6 heteroatoms. The van der Waals surface area contributed by atoms with Crippen molar-refractivity contribution in [3.63, 3.8) is 0 Å². The van der Waals surface area contributed by atoms with Crippen molar-refractivity contribution < 1.29 is 0 Å². The lowest BCUT2D eigenvalue weighted by Crippen LogP contribution is -2.40. The smallest absolute Gasteiger partial charge is 0.191 e. The summed E-state index contributed by atoms with van der Waals surface area (Å²) >= 11 is 0. The van der Waals surface area contributed by atoms with Gasteiger partial charge in [-0.25, -0.2) is 4.98 Å². The number of aliphatic imine (C=N–C) groups is 1. The molecule has 148 valence electrons. The zero-order valence-corrected chi connectivity index (χ0v) is 18.5. The number of nitrogens with zero attached hydrogens (tertiary/aromatic N) is 3. The lowest BCUT2D eigenvalue weighted by molar-refractivity contribution is 0.628. The number of imidazole rings is 1. The predicted molar refractivity (Wildman–Crippen MR) is 126 cm³/mol. The number of rotatable bonds is 8. The molecular weight excluding hydrogens is 461 g/mol. The van der Waals surface area contributed by atoms with Crippen molar-refractivity contribution >= 4 is 29.9 Å². The van der Waals surface area contributed by atoms with E-state index in [0.29, 0.717) is 5.92 Å². The van der Waals surface area contributed by atoms with E-state index in [1.807, 2.05) is 17.1 Å². The molecule has 0 aliphatic heterocycles. The molecule has 0 fully saturated rings. The van der Waals surface area contributed by atoms with Crippen molar-refractivity contribution in [3.05, 3.63) is 90.5 Å². The highest BCUT2D eigenvalue weighted by molar-refractivity contribution is 14.0. The van der Waals surface area contributed by atoms with Gasteiger partial charge >= 0.3 is 0 Å². The van der Waals surface area contributed by atoms with Crippen LogP contribution in [0.1, 0.15) is 17.0 Å². The van der Waals surface area contributed by atoms with Gasteiger partial charge in [0, 0.05) is 45.0 Å². The molecule has 2 aromatic carbocycles. The van der Waals surface area contributed by atoms with Gasteiger partial charge < -0.3 is 15.2 Å². The quantitative estimate of drug-likeness (QED) is 0.288. The second-order valence-corrected chi connectivity index (χ2v) is 6.48. The Kier molecular flexibility index (Phi) is 9.54. The van der Waals surface area contributed by atoms with E-state index in [-0.39, 0.29) is 24.0 Å². The lowest BCUT2D eigenvalue weighted by atomic mass is 9.92. The summed E-state index contributed by atoms with van der Waals surface area (Å²) in [6.07, 6.45) is 6.57. The van der Waals surface area contributed by atoms with Crippen molar-refractivity contribution in [2.75, 3.05) is 20.1 Å². The first-order valence-corrected chi connectivity index (χ1v) is 9.34. The van der Waals surface area contributed by atoms with Gasteiger partial charge in [-0.05, 0) is 17.5 Å². The molecule has 0 bridgehead atoms. The molecule has 3 aromatic rings. The lowest BCUT2D eigenvalue weighted by Gasteiger charge is -2.20. The monoisotopic (exact) mass is 489 g/mol. The molecule has 1 atom stereocenters. The largest absolute Gasteiger partial charge is 0.356 e. The molecule has 0 saturated carbocycles. The zero-order valence-electron chi connectivity index (χ0n) is 16.2. The summed E-state index contributed by atoms with van der Waals surface area (Å²) in [6, 6.07) is 21.3. The van der Waals surface area contributed by atoms with Crippen molar-refractivity contribution in [2.24, 2.45) is 4.99 Å². The average molecular weight is 489 g/mol. The molecule has 0 spiro atoms. The molecule has 1 unspecified atom stereocenters. The van der Waals surface area contributed by atoms with Gasteiger partial charge in [0.1, 0.15) is 0 Å². The van der Waals surface area contributed by atoms with E-state index in [0.717, 1.165) is 32.0 Å². The van der Waals surface area contributed by atoms with Gasteiger partial charge in [-0.1, -0.05) is 60.7 Å².